The van der Waals surface area contributed by atoms with Crippen molar-refractivity contribution in [3.05, 3.63) is 131 Å². The first-order chi connectivity index (χ1) is 18.0. The molecule has 184 valence electrons. The summed E-state index contributed by atoms with van der Waals surface area (Å²) in [6.07, 6.45) is 2.46. The quantitative estimate of drug-likeness (QED) is 0.211. The number of nitrogens with two attached hydrogens (primary N) is 1. The van der Waals surface area contributed by atoms with Gasteiger partial charge >= 0.3 is 0 Å². The van der Waals surface area contributed by atoms with Crippen molar-refractivity contribution in [2.24, 2.45) is 0 Å². The van der Waals surface area contributed by atoms with Gasteiger partial charge in [0.05, 0.1) is 11.4 Å². The number of carbonyl (C=O) groups excluding carboxylic acids is 2. The summed E-state index contributed by atoms with van der Waals surface area (Å²) in [5, 5.41) is 2.85. The minimum atomic E-state index is -0.400. The second-order valence-corrected chi connectivity index (χ2v) is 8.98. The maximum Gasteiger partial charge on any atom is 0.255 e. The largest absolute Gasteiger partial charge is 0.397 e. The van der Waals surface area contributed by atoms with Gasteiger partial charge in [-0.05, 0) is 71.1 Å². The zero-order chi connectivity index (χ0) is 25.8. The number of hydrogen-bond acceptors (Lipinski definition) is 3. The molecule has 0 spiro atoms. The van der Waals surface area contributed by atoms with E-state index in [-0.39, 0.29) is 11.8 Å². The van der Waals surface area contributed by atoms with Gasteiger partial charge in [-0.15, -0.1) is 0 Å². The van der Waals surface area contributed by atoms with E-state index in [1.807, 2.05) is 48.5 Å². The Morgan fingerprint density at radius 3 is 2.41 bits per heavy atom. The maximum atomic E-state index is 14.1. The molecular weight excluding hydrogens is 465 g/mol. The zero-order valence-electron chi connectivity index (χ0n) is 20.2. The van der Waals surface area contributed by atoms with E-state index in [0.717, 1.165) is 16.7 Å². The van der Waals surface area contributed by atoms with E-state index in [0.29, 0.717) is 47.6 Å². The summed E-state index contributed by atoms with van der Waals surface area (Å²) in [6.45, 7) is 0.879. The number of hydrogen-bond donors (Lipinski definition) is 2. The third-order valence-corrected chi connectivity index (χ3v) is 6.45. The van der Waals surface area contributed by atoms with Crippen LogP contribution in [0.5, 0.6) is 0 Å². The lowest BCUT2D eigenvalue weighted by molar-refractivity contribution is -0.125. The third kappa shape index (κ3) is 5.43. The summed E-state index contributed by atoms with van der Waals surface area (Å²) in [6, 6.07) is 28.2. The minimum absolute atomic E-state index is 0.188. The van der Waals surface area contributed by atoms with Crippen molar-refractivity contribution in [2.45, 2.75) is 13.0 Å². The van der Waals surface area contributed by atoms with Crippen LogP contribution < -0.4 is 11.1 Å². The predicted molar refractivity (Wildman–Crippen MR) is 145 cm³/mol. The van der Waals surface area contributed by atoms with Crippen LogP contribution >= 0.6 is 0 Å². The summed E-state index contributed by atoms with van der Waals surface area (Å²) in [5.41, 5.74) is 11.3. The van der Waals surface area contributed by atoms with Crippen LogP contribution in [0.1, 0.15) is 32.6 Å². The van der Waals surface area contributed by atoms with Crippen LogP contribution in [-0.4, -0.2) is 23.3 Å². The first-order valence-electron chi connectivity index (χ1n) is 12.1. The molecule has 6 heteroatoms. The van der Waals surface area contributed by atoms with E-state index in [1.54, 1.807) is 47.4 Å². The van der Waals surface area contributed by atoms with Gasteiger partial charge in [0.2, 0.25) is 0 Å². The molecule has 4 aromatic carbocycles. The van der Waals surface area contributed by atoms with Gasteiger partial charge in [0, 0.05) is 24.2 Å². The number of benzene rings is 4. The number of nitrogens with zero attached hydrogens (tertiary/aromatic N) is 1. The summed E-state index contributed by atoms with van der Waals surface area (Å²) in [5.74, 6) is -0.858. The standard InChI is InChI=1S/C31H26FN3O2/c32-26-10-6-9-23(19-26)27(17-21-7-2-1-3-8-21)31(37)35-16-15-22-13-14-24(18-25(22)20-35)30(36)34-29-12-5-4-11-28(29)33/h1-14,17-19H,15-16,20,33H2,(H,34,36). The molecule has 37 heavy (non-hydrogen) atoms. The molecule has 0 saturated heterocycles. The maximum absolute atomic E-state index is 14.1. The molecule has 4 aromatic rings. The van der Waals surface area contributed by atoms with Crippen molar-refractivity contribution >= 4 is 34.8 Å². The minimum Gasteiger partial charge on any atom is -0.397 e. The van der Waals surface area contributed by atoms with Crippen LogP contribution in [0, 0.1) is 5.82 Å². The Hall–Kier alpha value is -4.71. The molecule has 0 radical (unpaired) electrons. The zero-order valence-corrected chi connectivity index (χ0v) is 20.2. The number of carbonyl (C=O) groups is 2. The number of fused-ring (bicyclic) bond motifs is 1. The molecule has 0 saturated carbocycles. The fraction of sp³-hybridized carbons (Fsp3) is 0.0968. The highest BCUT2D eigenvalue weighted by atomic mass is 19.1. The van der Waals surface area contributed by atoms with Crippen LogP contribution in [0.2, 0.25) is 0 Å². The summed E-state index contributed by atoms with van der Waals surface area (Å²) in [4.78, 5) is 28.4. The Morgan fingerprint density at radius 1 is 0.838 bits per heavy atom. The summed E-state index contributed by atoms with van der Waals surface area (Å²) in [7, 11) is 0. The number of halogens is 1. The van der Waals surface area contributed by atoms with Gasteiger partial charge in [-0.3, -0.25) is 9.59 Å². The van der Waals surface area contributed by atoms with Crippen molar-refractivity contribution < 1.29 is 14.0 Å². The molecule has 0 aliphatic carbocycles. The van der Waals surface area contributed by atoms with Gasteiger partial charge in [0.1, 0.15) is 5.82 Å². The van der Waals surface area contributed by atoms with E-state index in [9.17, 15) is 14.0 Å². The van der Waals surface area contributed by atoms with E-state index >= 15 is 0 Å². The fourth-order valence-corrected chi connectivity index (χ4v) is 4.49. The number of nitrogens with one attached hydrogen (secondary N) is 1. The average Bonchev–Trinajstić information content (AvgIpc) is 2.92. The molecule has 1 heterocycles. The van der Waals surface area contributed by atoms with Crippen LogP contribution in [0.3, 0.4) is 0 Å². The number of nitrogen functional groups attached to an aromatic ring is 1. The van der Waals surface area contributed by atoms with E-state index in [4.69, 9.17) is 5.73 Å². The lowest BCUT2D eigenvalue weighted by Gasteiger charge is -2.30. The first kappa shape index (κ1) is 24.0. The van der Waals surface area contributed by atoms with Crippen LogP contribution in [0.25, 0.3) is 11.6 Å². The van der Waals surface area contributed by atoms with Crippen molar-refractivity contribution in [3.63, 3.8) is 0 Å². The van der Waals surface area contributed by atoms with Gasteiger partial charge in [0.15, 0.2) is 0 Å². The lowest BCUT2D eigenvalue weighted by atomic mass is 9.95. The lowest BCUT2D eigenvalue weighted by Crippen LogP contribution is -2.36. The number of rotatable bonds is 5. The van der Waals surface area contributed by atoms with Crippen molar-refractivity contribution in [2.75, 3.05) is 17.6 Å². The highest BCUT2D eigenvalue weighted by Crippen LogP contribution is 2.27. The van der Waals surface area contributed by atoms with E-state index in [2.05, 4.69) is 5.32 Å². The molecule has 5 rings (SSSR count). The van der Waals surface area contributed by atoms with Crippen LogP contribution in [0.4, 0.5) is 15.8 Å². The molecular formula is C31H26FN3O2. The van der Waals surface area contributed by atoms with Crippen molar-refractivity contribution in [1.29, 1.82) is 0 Å². The van der Waals surface area contributed by atoms with Gasteiger partial charge in [-0.25, -0.2) is 4.39 Å². The normalized spacial score (nSPS) is 13.1. The highest BCUT2D eigenvalue weighted by molar-refractivity contribution is 6.24. The Bertz CT molecular complexity index is 1500. The highest BCUT2D eigenvalue weighted by Gasteiger charge is 2.25. The van der Waals surface area contributed by atoms with Gasteiger partial charge in [-0.1, -0.05) is 60.7 Å². The molecule has 0 aromatic heterocycles. The second kappa shape index (κ2) is 10.5. The number of anilines is 2. The molecule has 1 aliphatic rings. The molecule has 0 bridgehead atoms. The Kier molecular flexibility index (Phi) is 6.81. The third-order valence-electron chi connectivity index (χ3n) is 6.45. The van der Waals surface area contributed by atoms with E-state index in [1.165, 1.54) is 12.1 Å². The van der Waals surface area contributed by atoms with Gasteiger partial charge in [-0.2, -0.15) is 0 Å². The Morgan fingerprint density at radius 2 is 1.62 bits per heavy atom. The molecule has 0 fully saturated rings. The van der Waals surface area contributed by atoms with Crippen LogP contribution in [0.15, 0.2) is 97.1 Å². The SMILES string of the molecule is Nc1ccccc1NC(=O)c1ccc2c(c1)CN(C(=O)C(=Cc1ccccc1)c1cccc(F)c1)CC2. The monoisotopic (exact) mass is 491 g/mol. The first-order valence-corrected chi connectivity index (χ1v) is 12.1. The second-order valence-electron chi connectivity index (χ2n) is 8.98. The van der Waals surface area contributed by atoms with E-state index < -0.39 is 5.82 Å². The van der Waals surface area contributed by atoms with Gasteiger partial charge < -0.3 is 16.0 Å². The predicted octanol–water partition coefficient (Wildman–Crippen LogP) is 5.79. The molecule has 0 unspecified atom stereocenters. The van der Waals surface area contributed by atoms with Crippen LogP contribution in [-0.2, 0) is 17.8 Å². The smallest absolute Gasteiger partial charge is 0.255 e. The van der Waals surface area contributed by atoms with Crippen molar-refractivity contribution in [1.82, 2.24) is 4.90 Å². The molecule has 2 amide bonds. The van der Waals surface area contributed by atoms with Crippen molar-refractivity contribution in [3.8, 4) is 0 Å². The average molecular weight is 492 g/mol. The summed E-state index contributed by atoms with van der Waals surface area (Å²) >= 11 is 0. The molecule has 0 atom stereocenters. The fourth-order valence-electron chi connectivity index (χ4n) is 4.49. The Labute approximate surface area is 215 Å². The number of amides is 2. The molecule has 3 N–H and O–H groups in total. The summed E-state index contributed by atoms with van der Waals surface area (Å²) < 4.78 is 14.1. The topological polar surface area (TPSA) is 75.4 Å². The molecule has 5 nitrogen and oxygen atoms in total. The Balaban J connectivity index is 1.41. The molecule has 1 aliphatic heterocycles. The van der Waals surface area contributed by atoms with Gasteiger partial charge in [0.25, 0.3) is 11.8 Å². The number of para-hydroxylation sites is 2.